The zero-order valence-electron chi connectivity index (χ0n) is 14.7. The van der Waals surface area contributed by atoms with E-state index in [4.69, 9.17) is 5.73 Å². The highest BCUT2D eigenvalue weighted by Gasteiger charge is 2.16. The second-order valence-electron chi connectivity index (χ2n) is 5.76. The molecule has 2 amide bonds. The van der Waals surface area contributed by atoms with Gasteiger partial charge in [-0.1, -0.05) is 18.7 Å². The largest absolute Gasteiger partial charge is 0.405 e. The van der Waals surface area contributed by atoms with Crippen LogP contribution in [-0.4, -0.2) is 32.8 Å². The Balaban J connectivity index is 2.45. The fourth-order valence-corrected chi connectivity index (χ4v) is 2.20. The fraction of sp³-hybridized carbons (Fsp3) is 0.222. The molecular weight excluding hydrogens is 332 g/mol. The zero-order valence-corrected chi connectivity index (χ0v) is 14.7. The molecule has 26 heavy (non-hydrogen) atoms. The highest BCUT2D eigenvalue weighted by molar-refractivity contribution is 6.04. The summed E-state index contributed by atoms with van der Waals surface area (Å²) < 4.78 is 0. The number of fused-ring (bicyclic) bond motifs is 1. The van der Waals surface area contributed by atoms with Crippen molar-refractivity contribution < 1.29 is 9.59 Å². The summed E-state index contributed by atoms with van der Waals surface area (Å²) >= 11 is 0. The van der Waals surface area contributed by atoms with Crippen LogP contribution < -0.4 is 16.4 Å². The molecule has 0 saturated heterocycles. The molecule has 0 atom stereocenters. The fourth-order valence-electron chi connectivity index (χ4n) is 2.20. The number of amides is 2. The van der Waals surface area contributed by atoms with Crippen molar-refractivity contribution in [3.8, 4) is 0 Å². The standard InChI is InChI=1S/C18H22N6O2/c1-4-15(25)23-13(7-5-6-8-19)14-10-21-17-16(24-14)12(9-20-17)18(26)22-11(2)3/h4,6-11H,1,5,19H2,2-3H3,(H,20,21)(H,22,26)(H,23,25)/b8-6-,13-7-. The molecular formula is C18H22N6O2. The molecule has 0 aliphatic heterocycles. The van der Waals surface area contributed by atoms with E-state index in [1.54, 1.807) is 18.3 Å². The van der Waals surface area contributed by atoms with Gasteiger partial charge in [0.15, 0.2) is 5.65 Å². The number of hydrogen-bond acceptors (Lipinski definition) is 5. The maximum Gasteiger partial charge on any atom is 0.255 e. The summed E-state index contributed by atoms with van der Waals surface area (Å²) in [5, 5.41) is 5.52. The number of carbonyl (C=O) groups is 2. The van der Waals surface area contributed by atoms with Gasteiger partial charge in [-0.2, -0.15) is 0 Å². The van der Waals surface area contributed by atoms with Crippen LogP contribution in [0.3, 0.4) is 0 Å². The molecule has 2 rings (SSSR count). The van der Waals surface area contributed by atoms with Crippen molar-refractivity contribution in [1.29, 1.82) is 0 Å². The van der Waals surface area contributed by atoms with E-state index in [-0.39, 0.29) is 17.9 Å². The van der Waals surface area contributed by atoms with Crippen LogP contribution in [0.1, 0.15) is 36.3 Å². The summed E-state index contributed by atoms with van der Waals surface area (Å²) in [6, 6.07) is -0.00558. The minimum absolute atomic E-state index is 0.00558. The number of hydrogen-bond donors (Lipinski definition) is 4. The van der Waals surface area contributed by atoms with E-state index in [0.717, 1.165) is 6.08 Å². The van der Waals surface area contributed by atoms with Crippen LogP contribution in [0.25, 0.3) is 16.9 Å². The minimum Gasteiger partial charge on any atom is -0.405 e. The molecule has 0 unspecified atom stereocenters. The van der Waals surface area contributed by atoms with Gasteiger partial charge in [-0.05, 0) is 32.5 Å². The van der Waals surface area contributed by atoms with Gasteiger partial charge in [0.1, 0.15) is 11.2 Å². The van der Waals surface area contributed by atoms with Crippen LogP contribution in [0.2, 0.25) is 0 Å². The summed E-state index contributed by atoms with van der Waals surface area (Å²) in [6.45, 7) is 7.19. The highest BCUT2D eigenvalue weighted by atomic mass is 16.2. The summed E-state index contributed by atoms with van der Waals surface area (Å²) in [6.07, 6.45) is 9.64. The predicted octanol–water partition coefficient (Wildman–Crippen LogP) is 1.60. The molecule has 8 heteroatoms. The van der Waals surface area contributed by atoms with Crippen molar-refractivity contribution in [2.24, 2.45) is 5.73 Å². The molecule has 0 saturated carbocycles. The Morgan fingerprint density at radius 1 is 1.42 bits per heavy atom. The number of rotatable bonds is 7. The topological polar surface area (TPSA) is 126 Å². The third-order valence-corrected chi connectivity index (χ3v) is 3.36. The average Bonchev–Trinajstić information content (AvgIpc) is 3.03. The lowest BCUT2D eigenvalue weighted by Gasteiger charge is -2.09. The van der Waals surface area contributed by atoms with Gasteiger partial charge in [-0.25, -0.2) is 9.97 Å². The average molecular weight is 354 g/mol. The van der Waals surface area contributed by atoms with Gasteiger partial charge in [0.25, 0.3) is 5.91 Å². The van der Waals surface area contributed by atoms with E-state index in [1.165, 1.54) is 12.4 Å². The molecule has 2 aromatic rings. The molecule has 2 aromatic heterocycles. The molecule has 0 spiro atoms. The van der Waals surface area contributed by atoms with Gasteiger partial charge >= 0.3 is 0 Å². The maximum atomic E-state index is 12.3. The Bertz CT molecular complexity index is 879. The minimum atomic E-state index is -0.373. The van der Waals surface area contributed by atoms with E-state index in [9.17, 15) is 9.59 Å². The molecule has 0 aliphatic rings. The third-order valence-electron chi connectivity index (χ3n) is 3.36. The first-order valence-corrected chi connectivity index (χ1v) is 8.12. The number of nitrogens with two attached hydrogens (primary N) is 1. The van der Waals surface area contributed by atoms with Gasteiger partial charge < -0.3 is 21.4 Å². The first kappa shape index (κ1) is 18.9. The van der Waals surface area contributed by atoms with Crippen LogP contribution >= 0.6 is 0 Å². The second-order valence-corrected chi connectivity index (χ2v) is 5.76. The van der Waals surface area contributed by atoms with E-state index >= 15 is 0 Å². The summed E-state index contributed by atoms with van der Waals surface area (Å²) in [5.74, 6) is -0.619. The SMILES string of the molecule is C=CC(=O)N/C(=C\C/C=C\N)c1cnc2[nH]cc(C(=O)NC(C)C)c2n1. The second kappa shape index (κ2) is 8.61. The molecule has 136 valence electrons. The molecule has 5 N–H and O–H groups in total. The Labute approximate surface area is 151 Å². The normalized spacial score (nSPS) is 11.9. The van der Waals surface area contributed by atoms with Crippen molar-refractivity contribution >= 4 is 28.7 Å². The Morgan fingerprint density at radius 3 is 2.85 bits per heavy atom. The van der Waals surface area contributed by atoms with Crippen molar-refractivity contribution in [2.45, 2.75) is 26.3 Å². The number of aromatic nitrogens is 3. The van der Waals surface area contributed by atoms with Crippen LogP contribution in [0.4, 0.5) is 0 Å². The first-order valence-electron chi connectivity index (χ1n) is 8.12. The number of carbonyl (C=O) groups excluding carboxylic acids is 2. The van der Waals surface area contributed by atoms with Crippen LogP contribution in [0.5, 0.6) is 0 Å². The lowest BCUT2D eigenvalue weighted by molar-refractivity contribution is -0.115. The van der Waals surface area contributed by atoms with Gasteiger partial charge in [0, 0.05) is 12.2 Å². The van der Waals surface area contributed by atoms with Gasteiger partial charge in [-0.15, -0.1) is 0 Å². The van der Waals surface area contributed by atoms with Crippen molar-refractivity contribution in [1.82, 2.24) is 25.6 Å². The Kier molecular flexibility index (Phi) is 6.26. The van der Waals surface area contributed by atoms with Crippen molar-refractivity contribution in [3.05, 3.63) is 54.7 Å². The number of aromatic amines is 1. The highest BCUT2D eigenvalue weighted by Crippen LogP contribution is 2.18. The Morgan fingerprint density at radius 2 is 2.19 bits per heavy atom. The summed E-state index contributed by atoms with van der Waals surface area (Å²) in [4.78, 5) is 35.8. The molecule has 2 heterocycles. The van der Waals surface area contributed by atoms with Crippen LogP contribution in [0, 0.1) is 0 Å². The summed E-state index contributed by atoms with van der Waals surface area (Å²) in [5.41, 5.74) is 7.53. The van der Waals surface area contributed by atoms with Crippen molar-refractivity contribution in [2.75, 3.05) is 0 Å². The molecule has 0 bridgehead atoms. The molecule has 0 aromatic carbocycles. The predicted molar refractivity (Wildman–Crippen MR) is 101 cm³/mol. The number of nitrogens with one attached hydrogen (secondary N) is 3. The number of allylic oxidation sites excluding steroid dienone is 2. The van der Waals surface area contributed by atoms with Gasteiger partial charge in [0.05, 0.1) is 17.5 Å². The molecule has 8 nitrogen and oxygen atoms in total. The lowest BCUT2D eigenvalue weighted by atomic mass is 10.2. The van der Waals surface area contributed by atoms with E-state index in [2.05, 4.69) is 32.2 Å². The summed E-state index contributed by atoms with van der Waals surface area (Å²) in [7, 11) is 0. The van der Waals surface area contributed by atoms with E-state index in [0.29, 0.717) is 34.5 Å². The Hall–Kier alpha value is -3.42. The van der Waals surface area contributed by atoms with Gasteiger partial charge in [-0.3, -0.25) is 9.59 Å². The zero-order chi connectivity index (χ0) is 19.1. The molecule has 0 radical (unpaired) electrons. The first-order chi connectivity index (χ1) is 12.5. The van der Waals surface area contributed by atoms with E-state index < -0.39 is 0 Å². The quantitative estimate of drug-likeness (QED) is 0.562. The van der Waals surface area contributed by atoms with Crippen LogP contribution in [0.15, 0.2) is 43.4 Å². The monoisotopic (exact) mass is 354 g/mol. The number of H-pyrrole nitrogens is 1. The molecule has 0 fully saturated rings. The third kappa shape index (κ3) is 4.56. The lowest BCUT2D eigenvalue weighted by Crippen LogP contribution is -2.30. The number of nitrogens with zero attached hydrogens (tertiary/aromatic N) is 2. The molecule has 0 aliphatic carbocycles. The maximum absolute atomic E-state index is 12.3. The van der Waals surface area contributed by atoms with Crippen LogP contribution in [-0.2, 0) is 4.79 Å². The van der Waals surface area contributed by atoms with Crippen molar-refractivity contribution in [3.63, 3.8) is 0 Å². The van der Waals surface area contributed by atoms with Gasteiger partial charge in [0.2, 0.25) is 5.91 Å². The van der Waals surface area contributed by atoms with E-state index in [1.807, 2.05) is 13.8 Å². The smallest absolute Gasteiger partial charge is 0.255 e.